The van der Waals surface area contributed by atoms with Gasteiger partial charge in [-0.25, -0.2) is 14.4 Å². The summed E-state index contributed by atoms with van der Waals surface area (Å²) in [4.78, 5) is 51.2. The molecule has 178 valence electrons. The molecule has 1 heterocycles. The Bertz CT molecular complexity index is 986. The molecule has 1 aliphatic heterocycles. The molecule has 1 saturated carbocycles. The highest BCUT2D eigenvalue weighted by Crippen LogP contribution is 2.55. The van der Waals surface area contributed by atoms with Crippen molar-refractivity contribution in [2.24, 2.45) is 23.2 Å². The van der Waals surface area contributed by atoms with Gasteiger partial charge in [-0.15, -0.1) is 0 Å². The summed E-state index contributed by atoms with van der Waals surface area (Å²) in [6.07, 6.45) is 3.18. The Morgan fingerprint density at radius 2 is 1.88 bits per heavy atom. The molecule has 1 N–H and O–H groups in total. The molecular weight excluding hydrogens is 428 g/mol. The van der Waals surface area contributed by atoms with Crippen LogP contribution >= 0.6 is 0 Å². The molecule has 0 aromatic carbocycles. The van der Waals surface area contributed by atoms with E-state index in [0.29, 0.717) is 5.57 Å². The van der Waals surface area contributed by atoms with E-state index in [4.69, 9.17) is 14.2 Å². The van der Waals surface area contributed by atoms with Crippen LogP contribution in [0.3, 0.4) is 0 Å². The van der Waals surface area contributed by atoms with E-state index in [0.717, 1.165) is 0 Å². The van der Waals surface area contributed by atoms with E-state index in [2.05, 4.69) is 6.58 Å². The Hall–Kier alpha value is -3.00. The summed E-state index contributed by atoms with van der Waals surface area (Å²) in [5, 5.41) is 9.52. The molecule has 1 saturated heterocycles. The fourth-order valence-corrected chi connectivity index (χ4v) is 5.07. The van der Waals surface area contributed by atoms with Gasteiger partial charge in [-0.1, -0.05) is 31.7 Å². The zero-order valence-corrected chi connectivity index (χ0v) is 19.5. The van der Waals surface area contributed by atoms with Crippen LogP contribution in [0.25, 0.3) is 0 Å². The summed E-state index contributed by atoms with van der Waals surface area (Å²) < 4.78 is 17.2. The number of rotatable bonds is 5. The first kappa shape index (κ1) is 24.6. The third kappa shape index (κ3) is 3.86. The number of aliphatic hydroxyl groups excluding tert-OH is 1. The topological polar surface area (TPSA) is 116 Å². The molecule has 2 aliphatic carbocycles. The molecule has 0 aromatic rings. The van der Waals surface area contributed by atoms with Crippen LogP contribution in [-0.2, 0) is 33.4 Å². The Balaban J connectivity index is 2.14. The number of esters is 3. The molecule has 0 amide bonds. The number of carbonyl (C=O) groups is 4. The lowest BCUT2D eigenvalue weighted by Crippen LogP contribution is -2.49. The van der Waals surface area contributed by atoms with E-state index in [1.54, 1.807) is 39.8 Å². The molecule has 7 atom stereocenters. The maximum atomic E-state index is 13.2. The van der Waals surface area contributed by atoms with Crippen molar-refractivity contribution < 1.29 is 38.5 Å². The largest absolute Gasteiger partial charge is 0.457 e. The maximum Gasteiger partial charge on any atom is 0.336 e. The number of allylic oxidation sites excluding steroid dienone is 4. The van der Waals surface area contributed by atoms with Crippen LogP contribution in [0.4, 0.5) is 0 Å². The van der Waals surface area contributed by atoms with Crippen molar-refractivity contribution in [1.82, 2.24) is 0 Å². The van der Waals surface area contributed by atoms with E-state index >= 15 is 0 Å². The second kappa shape index (κ2) is 9.09. The minimum Gasteiger partial charge on any atom is -0.457 e. The summed E-state index contributed by atoms with van der Waals surface area (Å²) in [5.74, 6) is -4.16. The van der Waals surface area contributed by atoms with Crippen molar-refractivity contribution in [2.45, 2.75) is 52.9 Å². The highest BCUT2D eigenvalue weighted by molar-refractivity contribution is 6.00. The lowest BCUT2D eigenvalue weighted by atomic mass is 9.67. The van der Waals surface area contributed by atoms with Gasteiger partial charge in [0.15, 0.2) is 5.78 Å². The number of hydrogen-bond acceptors (Lipinski definition) is 8. The number of ether oxygens (including phenoxy) is 3. The molecule has 0 spiro atoms. The molecular formula is C25H30O8. The predicted molar refractivity (Wildman–Crippen MR) is 117 cm³/mol. The van der Waals surface area contributed by atoms with E-state index in [1.807, 2.05) is 6.92 Å². The number of carbonyl (C=O) groups excluding carboxylic acids is 4. The van der Waals surface area contributed by atoms with Crippen LogP contribution < -0.4 is 0 Å². The van der Waals surface area contributed by atoms with Crippen LogP contribution in [0.1, 0.15) is 34.6 Å². The van der Waals surface area contributed by atoms with E-state index in [9.17, 15) is 24.3 Å². The standard InChI is InChI=1S/C25H30O8/c1-7-12(3)22(28)31-19-13(4)16-9-10-17(27)25(16,6)21(33-24(30)15(8-2)11-26)18-14(5)23(29)32-20(18)19/h7-10,13,16,18-21,26H,5,11H2,1-4,6H3/b12-7-,15-8-/t13-,16-,18+,19+,20-,21-,25-/m0/s1. The Morgan fingerprint density at radius 3 is 2.45 bits per heavy atom. The molecule has 2 fully saturated rings. The van der Waals surface area contributed by atoms with Crippen molar-refractivity contribution in [3.63, 3.8) is 0 Å². The zero-order valence-electron chi connectivity index (χ0n) is 19.5. The van der Waals surface area contributed by atoms with Crippen LogP contribution in [0.5, 0.6) is 0 Å². The van der Waals surface area contributed by atoms with Crippen LogP contribution in [0, 0.1) is 23.2 Å². The third-order valence-electron chi connectivity index (χ3n) is 7.28. The SMILES string of the molecule is C=C1C(=O)O[C@@H]2[C@H](OC(=O)/C(C)=C\C)[C@@H](C)[C@@H]3C=CC(=O)[C@@]3(C)[C@@H](OC(=O)/C(=C\C)CO)[C@H]12. The number of fused-ring (bicyclic) bond motifs is 2. The highest BCUT2D eigenvalue weighted by atomic mass is 16.6. The highest BCUT2D eigenvalue weighted by Gasteiger charge is 2.65. The second-order valence-corrected chi connectivity index (χ2v) is 8.95. The average Bonchev–Trinajstić information content (AvgIpc) is 3.23. The molecule has 0 unspecified atom stereocenters. The van der Waals surface area contributed by atoms with E-state index in [-0.39, 0.29) is 16.9 Å². The predicted octanol–water partition coefficient (Wildman–Crippen LogP) is 2.22. The molecule has 33 heavy (non-hydrogen) atoms. The average molecular weight is 459 g/mol. The Morgan fingerprint density at radius 1 is 1.21 bits per heavy atom. The smallest absolute Gasteiger partial charge is 0.336 e. The van der Waals surface area contributed by atoms with Gasteiger partial charge in [0.2, 0.25) is 0 Å². The third-order valence-corrected chi connectivity index (χ3v) is 7.28. The van der Waals surface area contributed by atoms with Gasteiger partial charge in [-0.2, -0.15) is 0 Å². The lowest BCUT2D eigenvalue weighted by molar-refractivity contribution is -0.166. The van der Waals surface area contributed by atoms with Gasteiger partial charge in [-0.05, 0) is 39.7 Å². The Kier molecular flexibility index (Phi) is 6.79. The van der Waals surface area contributed by atoms with Gasteiger partial charge >= 0.3 is 17.9 Å². The summed E-state index contributed by atoms with van der Waals surface area (Å²) in [5.41, 5.74) is -0.804. The van der Waals surface area contributed by atoms with Crippen molar-refractivity contribution in [3.05, 3.63) is 47.6 Å². The number of ketones is 1. The quantitative estimate of drug-likeness (QED) is 0.379. The first-order chi connectivity index (χ1) is 15.5. The molecule has 0 aromatic heterocycles. The lowest BCUT2D eigenvalue weighted by Gasteiger charge is -2.39. The molecule has 0 radical (unpaired) electrons. The van der Waals surface area contributed by atoms with Gasteiger partial charge < -0.3 is 19.3 Å². The van der Waals surface area contributed by atoms with Gasteiger partial charge in [0, 0.05) is 17.1 Å². The minimum atomic E-state index is -1.25. The van der Waals surface area contributed by atoms with E-state index in [1.165, 1.54) is 12.2 Å². The zero-order chi connectivity index (χ0) is 24.7. The molecule has 3 rings (SSSR count). The summed E-state index contributed by atoms with van der Waals surface area (Å²) in [6, 6.07) is 0. The van der Waals surface area contributed by atoms with Crippen molar-refractivity contribution >= 4 is 23.7 Å². The van der Waals surface area contributed by atoms with Gasteiger partial charge in [0.25, 0.3) is 0 Å². The fourth-order valence-electron chi connectivity index (χ4n) is 5.07. The van der Waals surface area contributed by atoms with E-state index < -0.39 is 66.0 Å². The van der Waals surface area contributed by atoms with Crippen LogP contribution in [0.15, 0.2) is 47.6 Å². The monoisotopic (exact) mass is 458 g/mol. The van der Waals surface area contributed by atoms with Gasteiger partial charge in [-0.3, -0.25) is 4.79 Å². The molecule has 0 bridgehead atoms. The molecule has 3 aliphatic rings. The minimum absolute atomic E-state index is 0.0185. The maximum absolute atomic E-state index is 13.2. The first-order valence-corrected chi connectivity index (χ1v) is 11.0. The van der Waals surface area contributed by atoms with Crippen molar-refractivity contribution in [1.29, 1.82) is 0 Å². The van der Waals surface area contributed by atoms with Gasteiger partial charge in [0.1, 0.15) is 18.3 Å². The van der Waals surface area contributed by atoms with Crippen LogP contribution in [0.2, 0.25) is 0 Å². The normalized spacial score (nSPS) is 36.1. The second-order valence-electron chi connectivity index (χ2n) is 8.95. The number of aliphatic hydroxyl groups is 1. The van der Waals surface area contributed by atoms with Crippen LogP contribution in [-0.4, -0.2) is 53.7 Å². The fraction of sp³-hybridized carbons (Fsp3) is 0.520. The molecule has 8 heteroatoms. The van der Waals surface area contributed by atoms with Crippen molar-refractivity contribution in [3.8, 4) is 0 Å². The summed E-state index contributed by atoms with van der Waals surface area (Å²) in [6.45, 7) is 11.7. The molecule has 8 nitrogen and oxygen atoms in total. The van der Waals surface area contributed by atoms with Gasteiger partial charge in [0.05, 0.1) is 23.5 Å². The summed E-state index contributed by atoms with van der Waals surface area (Å²) in [7, 11) is 0. The number of hydrogen-bond donors (Lipinski definition) is 1. The first-order valence-electron chi connectivity index (χ1n) is 11.0. The van der Waals surface area contributed by atoms with Crippen molar-refractivity contribution in [2.75, 3.05) is 6.61 Å². The summed E-state index contributed by atoms with van der Waals surface area (Å²) >= 11 is 0. The Labute approximate surface area is 193 Å².